The second kappa shape index (κ2) is 6.37. The molecule has 2 heterocycles. The standard InChI is InChI=1S/C21H29NO2S/c23-20(14-21-11-15-8-16(12-21)10-17(9-15)13-21)22-4-3-19(25-7-5-22)18-2-1-6-24-18/h1-2,6,15-17,19H,3-5,7-14H2. The van der Waals surface area contributed by atoms with Gasteiger partial charge in [-0.25, -0.2) is 0 Å². The van der Waals surface area contributed by atoms with Crippen LogP contribution in [0.1, 0.15) is 62.4 Å². The van der Waals surface area contributed by atoms with Gasteiger partial charge in [-0.2, -0.15) is 0 Å². The zero-order chi connectivity index (χ0) is 16.9. The third-order valence-corrected chi connectivity index (χ3v) is 8.53. The Labute approximate surface area is 154 Å². The van der Waals surface area contributed by atoms with Gasteiger partial charge in [-0.1, -0.05) is 0 Å². The van der Waals surface area contributed by atoms with Gasteiger partial charge in [0.1, 0.15) is 5.76 Å². The average Bonchev–Trinajstić information content (AvgIpc) is 2.97. The minimum absolute atomic E-state index is 0.367. The van der Waals surface area contributed by atoms with E-state index < -0.39 is 0 Å². The molecule has 0 radical (unpaired) electrons. The van der Waals surface area contributed by atoms with Crippen LogP contribution in [-0.4, -0.2) is 29.6 Å². The van der Waals surface area contributed by atoms with Crippen LogP contribution in [-0.2, 0) is 4.79 Å². The average molecular weight is 360 g/mol. The van der Waals surface area contributed by atoms with E-state index >= 15 is 0 Å². The first-order chi connectivity index (χ1) is 12.2. The van der Waals surface area contributed by atoms with Gasteiger partial charge in [-0.15, -0.1) is 11.8 Å². The van der Waals surface area contributed by atoms with Gasteiger partial charge >= 0.3 is 0 Å². The minimum atomic E-state index is 0.367. The van der Waals surface area contributed by atoms with Crippen LogP contribution in [0.15, 0.2) is 22.8 Å². The van der Waals surface area contributed by atoms with Crippen molar-refractivity contribution < 1.29 is 9.21 Å². The lowest BCUT2D eigenvalue weighted by Gasteiger charge is -2.57. The number of rotatable bonds is 3. The predicted molar refractivity (Wildman–Crippen MR) is 100 cm³/mol. The molecule has 136 valence electrons. The SMILES string of the molecule is O=C(CC12CC3CC(CC(C3)C1)C2)N1CCSC(c2ccco2)CC1. The maximum atomic E-state index is 13.1. The summed E-state index contributed by atoms with van der Waals surface area (Å²) >= 11 is 1.95. The Morgan fingerprint density at radius 1 is 1.16 bits per heavy atom. The van der Waals surface area contributed by atoms with E-state index in [1.165, 1.54) is 38.5 Å². The van der Waals surface area contributed by atoms with Crippen molar-refractivity contribution in [1.82, 2.24) is 4.90 Å². The number of amides is 1. The summed E-state index contributed by atoms with van der Waals surface area (Å²) in [4.78, 5) is 15.3. The smallest absolute Gasteiger partial charge is 0.223 e. The second-order valence-corrected chi connectivity index (χ2v) is 10.4. The van der Waals surface area contributed by atoms with Gasteiger partial charge in [-0.3, -0.25) is 4.79 Å². The monoisotopic (exact) mass is 359 g/mol. The minimum Gasteiger partial charge on any atom is -0.468 e. The maximum absolute atomic E-state index is 13.1. The normalized spacial score (nSPS) is 40.2. The summed E-state index contributed by atoms with van der Waals surface area (Å²) in [6.45, 7) is 1.80. The molecule has 5 aliphatic rings. The first-order valence-electron chi connectivity index (χ1n) is 10.1. The molecule has 4 bridgehead atoms. The van der Waals surface area contributed by atoms with E-state index in [2.05, 4.69) is 11.0 Å². The zero-order valence-electron chi connectivity index (χ0n) is 15.0. The molecule has 1 unspecified atom stereocenters. The molecule has 0 aromatic carbocycles. The molecular formula is C21H29NO2S. The highest BCUT2D eigenvalue weighted by Crippen LogP contribution is 2.61. The van der Waals surface area contributed by atoms with Gasteiger partial charge in [0.05, 0.1) is 11.5 Å². The maximum Gasteiger partial charge on any atom is 0.223 e. The largest absolute Gasteiger partial charge is 0.468 e. The number of thioether (sulfide) groups is 1. The number of carbonyl (C=O) groups excluding carboxylic acids is 1. The molecule has 1 saturated heterocycles. The molecule has 1 aromatic rings. The molecule has 1 aliphatic heterocycles. The molecule has 25 heavy (non-hydrogen) atoms. The topological polar surface area (TPSA) is 33.5 Å². The molecule has 1 aromatic heterocycles. The van der Waals surface area contributed by atoms with Crippen molar-refractivity contribution in [3.05, 3.63) is 24.2 Å². The van der Waals surface area contributed by atoms with Gasteiger partial charge in [-0.05, 0) is 80.2 Å². The number of carbonyl (C=O) groups is 1. The zero-order valence-corrected chi connectivity index (χ0v) is 15.8. The van der Waals surface area contributed by atoms with Crippen LogP contribution in [0.4, 0.5) is 0 Å². The summed E-state index contributed by atoms with van der Waals surface area (Å²) in [5, 5.41) is 0.410. The Bertz CT molecular complexity index is 591. The number of hydrogen-bond acceptors (Lipinski definition) is 3. The van der Waals surface area contributed by atoms with E-state index in [0.29, 0.717) is 16.6 Å². The van der Waals surface area contributed by atoms with Crippen molar-refractivity contribution in [2.45, 2.75) is 56.6 Å². The van der Waals surface area contributed by atoms with Crippen molar-refractivity contribution >= 4 is 17.7 Å². The van der Waals surface area contributed by atoms with Gasteiger partial charge in [0, 0.05) is 25.3 Å². The lowest BCUT2D eigenvalue weighted by molar-refractivity contribution is -0.139. The van der Waals surface area contributed by atoms with Gasteiger partial charge in [0.25, 0.3) is 0 Å². The summed E-state index contributed by atoms with van der Waals surface area (Å²) in [6, 6.07) is 4.04. The molecule has 4 heteroatoms. The Kier molecular flexibility index (Phi) is 4.15. The fourth-order valence-corrected chi connectivity index (χ4v) is 7.84. The highest BCUT2D eigenvalue weighted by molar-refractivity contribution is 7.99. The van der Waals surface area contributed by atoms with Gasteiger partial charge in [0.15, 0.2) is 0 Å². The Hall–Kier alpha value is -0.900. The van der Waals surface area contributed by atoms with Crippen LogP contribution < -0.4 is 0 Å². The van der Waals surface area contributed by atoms with Crippen molar-refractivity contribution in [3.63, 3.8) is 0 Å². The number of furan rings is 1. The molecule has 1 amide bonds. The summed E-state index contributed by atoms with van der Waals surface area (Å²) in [7, 11) is 0. The first kappa shape index (κ1) is 16.3. The highest BCUT2D eigenvalue weighted by atomic mass is 32.2. The summed E-state index contributed by atoms with van der Waals surface area (Å²) in [5.41, 5.74) is 0.367. The number of nitrogens with zero attached hydrogens (tertiary/aromatic N) is 1. The molecule has 0 spiro atoms. The summed E-state index contributed by atoms with van der Waals surface area (Å²) < 4.78 is 5.59. The van der Waals surface area contributed by atoms with Crippen LogP contribution >= 0.6 is 11.8 Å². The lowest BCUT2D eigenvalue weighted by atomic mass is 9.49. The molecule has 3 nitrogen and oxygen atoms in total. The van der Waals surface area contributed by atoms with Crippen molar-refractivity contribution in [2.75, 3.05) is 18.8 Å². The van der Waals surface area contributed by atoms with E-state index in [1.807, 2.05) is 17.8 Å². The molecular weight excluding hydrogens is 330 g/mol. The van der Waals surface area contributed by atoms with Crippen molar-refractivity contribution in [3.8, 4) is 0 Å². The Morgan fingerprint density at radius 3 is 2.52 bits per heavy atom. The van der Waals surface area contributed by atoms with E-state index in [0.717, 1.165) is 55.2 Å². The van der Waals surface area contributed by atoms with E-state index in [1.54, 1.807) is 6.26 Å². The van der Waals surface area contributed by atoms with Crippen LogP contribution in [0, 0.1) is 23.2 Å². The van der Waals surface area contributed by atoms with Crippen molar-refractivity contribution in [1.29, 1.82) is 0 Å². The second-order valence-electron chi connectivity index (χ2n) is 9.14. The fraction of sp³-hybridized carbons (Fsp3) is 0.762. The summed E-state index contributed by atoms with van der Waals surface area (Å²) in [5.74, 6) is 5.33. The van der Waals surface area contributed by atoms with Crippen LogP contribution in [0.25, 0.3) is 0 Å². The van der Waals surface area contributed by atoms with Gasteiger partial charge < -0.3 is 9.32 Å². The van der Waals surface area contributed by atoms with Gasteiger partial charge in [0.2, 0.25) is 5.91 Å². The van der Waals surface area contributed by atoms with Crippen LogP contribution in [0.5, 0.6) is 0 Å². The third kappa shape index (κ3) is 3.15. The van der Waals surface area contributed by atoms with E-state index in [-0.39, 0.29) is 0 Å². The molecule has 4 saturated carbocycles. The highest BCUT2D eigenvalue weighted by Gasteiger charge is 2.51. The first-order valence-corrected chi connectivity index (χ1v) is 11.2. The van der Waals surface area contributed by atoms with Crippen LogP contribution in [0.2, 0.25) is 0 Å². The van der Waals surface area contributed by atoms with E-state index in [4.69, 9.17) is 4.42 Å². The molecule has 5 fully saturated rings. The summed E-state index contributed by atoms with van der Waals surface area (Å²) in [6.07, 6.45) is 12.0. The Morgan fingerprint density at radius 2 is 1.88 bits per heavy atom. The van der Waals surface area contributed by atoms with Crippen molar-refractivity contribution in [2.24, 2.45) is 23.2 Å². The lowest BCUT2D eigenvalue weighted by Crippen LogP contribution is -2.48. The fourth-order valence-electron chi connectivity index (χ4n) is 6.66. The Balaban J connectivity index is 1.23. The molecule has 0 N–H and O–H groups in total. The number of hydrogen-bond donors (Lipinski definition) is 0. The van der Waals surface area contributed by atoms with E-state index in [9.17, 15) is 4.79 Å². The molecule has 4 aliphatic carbocycles. The quantitative estimate of drug-likeness (QED) is 0.770. The predicted octanol–water partition coefficient (Wildman–Crippen LogP) is 4.89. The van der Waals surface area contributed by atoms with Crippen LogP contribution in [0.3, 0.4) is 0 Å². The molecule has 6 rings (SSSR count). The molecule has 1 atom stereocenters. The third-order valence-electron chi connectivity index (χ3n) is 7.25.